The van der Waals surface area contributed by atoms with Crippen LogP contribution in [-0.2, 0) is 20.9 Å². The van der Waals surface area contributed by atoms with Crippen molar-refractivity contribution >= 4 is 63.1 Å². The van der Waals surface area contributed by atoms with E-state index in [9.17, 15) is 24.7 Å². The highest BCUT2D eigenvalue weighted by Crippen LogP contribution is 2.40. The Kier molecular flexibility index (Phi) is 8.10. The highest BCUT2D eigenvalue weighted by Gasteiger charge is 2.54. The van der Waals surface area contributed by atoms with Crippen molar-refractivity contribution in [2.45, 2.75) is 18.0 Å². The number of amides is 2. The Morgan fingerprint density at radius 3 is 2.81 bits per heavy atom. The van der Waals surface area contributed by atoms with Crippen molar-refractivity contribution in [2.24, 2.45) is 5.16 Å². The van der Waals surface area contributed by atoms with E-state index in [1.807, 2.05) is 34.5 Å². The smallest absolute Gasteiger partial charge is 0.352 e. The predicted molar refractivity (Wildman–Crippen MR) is 132 cm³/mol. The molecule has 0 radical (unpaired) electrons. The second-order valence-electron chi connectivity index (χ2n) is 7.78. The first-order chi connectivity index (χ1) is 17.4. The molecule has 5 heterocycles. The van der Waals surface area contributed by atoms with Crippen LogP contribution in [0.1, 0.15) is 5.69 Å². The number of pyridine rings is 1. The lowest BCUT2D eigenvalue weighted by Gasteiger charge is -2.49. The lowest BCUT2D eigenvalue weighted by molar-refractivity contribution is -0.688. The highest BCUT2D eigenvalue weighted by atomic mass is 127. The van der Waals surface area contributed by atoms with Gasteiger partial charge in [-0.05, 0) is 6.07 Å². The zero-order chi connectivity index (χ0) is 25.4. The fraction of sp³-hybridized carbons (Fsp3) is 0.190. The molecule has 2 aliphatic heterocycles. The number of hydrogen-bond acceptors (Lipinski definition) is 11. The number of nitrogens with one attached hydrogen (secondary N) is 1. The Morgan fingerprint density at radius 1 is 1.35 bits per heavy atom. The van der Waals surface area contributed by atoms with Gasteiger partial charge in [-0.2, -0.15) is 0 Å². The molecule has 5 rings (SSSR count). The molecule has 0 unspecified atom stereocenters. The van der Waals surface area contributed by atoms with Crippen molar-refractivity contribution in [1.82, 2.24) is 20.2 Å². The molecule has 0 aliphatic carbocycles. The lowest BCUT2D eigenvalue weighted by Crippen LogP contribution is -3.00. The minimum atomic E-state index is -1.22. The van der Waals surface area contributed by atoms with E-state index < -0.39 is 29.2 Å². The van der Waals surface area contributed by atoms with Gasteiger partial charge in [-0.1, -0.05) is 5.16 Å². The summed E-state index contributed by atoms with van der Waals surface area (Å²) in [4.78, 5) is 47.2. The summed E-state index contributed by atoms with van der Waals surface area (Å²) in [5, 5.41) is 27.7. The van der Waals surface area contributed by atoms with E-state index in [0.717, 1.165) is 22.6 Å². The standard InChI is InChI=1S/C21H17N7O5S3.HI/c22-21-24-13(8-36-21)14(26-33)17(29)25-15-18(30)28-16(20(31)32)11(6-35-19(15)28)5-27-3-1-2-10(4-27)12-7-34-9-23-12;/h1-4,7-9,15,19H,5-6H2,(H4-,22,24,25,29,31,32,33);1H/t15-,19+;/m1./s1. The SMILES string of the molecule is Nc1nc(C(=NO)C(=O)N[C@@H]2C(=O)N3C(C(=O)O)=C(C[n+]4cccc(-c5cscn5)c4)CS[C@@H]23)cs1.[I-]. The maximum absolute atomic E-state index is 13.0. The first kappa shape index (κ1) is 27.0. The molecule has 2 aliphatic rings. The summed E-state index contributed by atoms with van der Waals surface area (Å²) >= 11 is 3.89. The molecular formula is C21H18IN7O5S3. The normalized spacial score (nSPS) is 19.1. The number of nitrogen functional groups attached to an aromatic ring is 1. The number of aliphatic carboxylic acids is 1. The third kappa shape index (κ3) is 5.18. The van der Waals surface area contributed by atoms with Gasteiger partial charge in [0.1, 0.15) is 22.8 Å². The van der Waals surface area contributed by atoms with Crippen LogP contribution in [0, 0.1) is 0 Å². The first-order valence-corrected chi connectivity index (χ1v) is 13.3. The summed E-state index contributed by atoms with van der Waals surface area (Å²) in [5.41, 5.74) is 9.18. The molecule has 3 aromatic heterocycles. The third-order valence-electron chi connectivity index (χ3n) is 5.58. The van der Waals surface area contributed by atoms with Crippen LogP contribution in [0.25, 0.3) is 11.3 Å². The number of halogens is 1. The summed E-state index contributed by atoms with van der Waals surface area (Å²) in [5.74, 6) is -2.26. The lowest BCUT2D eigenvalue weighted by atomic mass is 10.0. The number of thiazole rings is 2. The fourth-order valence-corrected chi connectivity index (χ4v) is 6.42. The first-order valence-electron chi connectivity index (χ1n) is 10.4. The van der Waals surface area contributed by atoms with Crippen molar-refractivity contribution in [3.05, 3.63) is 57.8 Å². The number of anilines is 1. The van der Waals surface area contributed by atoms with Crippen LogP contribution in [0.3, 0.4) is 0 Å². The number of β-lactam (4-membered cyclic amide) rings is 1. The zero-order valence-corrected chi connectivity index (χ0v) is 23.3. The highest BCUT2D eigenvalue weighted by molar-refractivity contribution is 8.00. The molecule has 12 nitrogen and oxygen atoms in total. The number of nitrogens with two attached hydrogens (primary N) is 1. The van der Waals surface area contributed by atoms with Gasteiger partial charge in [0.05, 0.1) is 16.8 Å². The van der Waals surface area contributed by atoms with Crippen LogP contribution in [-0.4, -0.2) is 65.8 Å². The van der Waals surface area contributed by atoms with Crippen LogP contribution < -0.4 is 39.6 Å². The number of carbonyl (C=O) groups is 3. The van der Waals surface area contributed by atoms with Crippen molar-refractivity contribution in [3.63, 3.8) is 0 Å². The summed E-state index contributed by atoms with van der Waals surface area (Å²) < 4.78 is 1.85. The molecule has 0 spiro atoms. The van der Waals surface area contributed by atoms with Crippen LogP contribution >= 0.6 is 34.4 Å². The minimum Gasteiger partial charge on any atom is -1.00 e. The van der Waals surface area contributed by atoms with E-state index >= 15 is 0 Å². The van der Waals surface area contributed by atoms with Gasteiger partial charge in [0.25, 0.3) is 11.8 Å². The Labute approximate surface area is 238 Å². The number of carbonyl (C=O) groups excluding carboxylic acids is 2. The number of carboxylic acids is 1. The molecule has 0 aromatic carbocycles. The quantitative estimate of drug-likeness (QED) is 0.0541. The number of nitrogens with zero attached hydrogens (tertiary/aromatic N) is 5. The zero-order valence-electron chi connectivity index (χ0n) is 18.6. The number of aromatic nitrogens is 3. The van der Waals surface area contributed by atoms with E-state index in [2.05, 4.69) is 20.4 Å². The number of thioether (sulfide) groups is 1. The number of oxime groups is 1. The number of rotatable bonds is 7. The second-order valence-corrected chi connectivity index (χ2v) is 10.5. The largest absolute Gasteiger partial charge is 1.00 e. The average Bonchev–Trinajstić information content (AvgIpc) is 3.55. The maximum Gasteiger partial charge on any atom is 0.352 e. The van der Waals surface area contributed by atoms with Crippen molar-refractivity contribution in [3.8, 4) is 11.3 Å². The molecule has 5 N–H and O–H groups in total. The van der Waals surface area contributed by atoms with Gasteiger partial charge in [0.2, 0.25) is 0 Å². The topological polar surface area (TPSA) is 175 Å². The molecular weight excluding hydrogens is 653 g/mol. The molecule has 192 valence electrons. The van der Waals surface area contributed by atoms with Gasteiger partial charge in [-0.15, -0.1) is 34.4 Å². The summed E-state index contributed by atoms with van der Waals surface area (Å²) in [6.45, 7) is 0.271. The van der Waals surface area contributed by atoms with Crippen molar-refractivity contribution < 1.29 is 53.2 Å². The van der Waals surface area contributed by atoms with Crippen molar-refractivity contribution in [1.29, 1.82) is 0 Å². The van der Waals surface area contributed by atoms with E-state index in [1.165, 1.54) is 33.4 Å². The van der Waals surface area contributed by atoms with Gasteiger partial charge < -0.3 is 45.3 Å². The minimum absolute atomic E-state index is 0. The van der Waals surface area contributed by atoms with Gasteiger partial charge in [-0.25, -0.2) is 19.3 Å². The molecule has 0 saturated carbocycles. The maximum atomic E-state index is 13.0. The van der Waals surface area contributed by atoms with Crippen molar-refractivity contribution in [2.75, 3.05) is 11.5 Å². The van der Waals surface area contributed by atoms with Gasteiger partial charge in [-0.3, -0.25) is 14.5 Å². The van der Waals surface area contributed by atoms with Gasteiger partial charge >= 0.3 is 5.97 Å². The monoisotopic (exact) mass is 671 g/mol. The molecule has 3 aromatic rings. The molecule has 1 fully saturated rings. The predicted octanol–water partition coefficient (Wildman–Crippen LogP) is -2.24. The summed E-state index contributed by atoms with van der Waals surface area (Å²) in [7, 11) is 0. The fourth-order valence-electron chi connectivity index (χ4n) is 3.97. The Hall–Kier alpha value is -3.09. The van der Waals surface area contributed by atoms with E-state index in [4.69, 9.17) is 5.73 Å². The second kappa shape index (κ2) is 11.1. The van der Waals surface area contributed by atoms with Gasteiger partial charge in [0, 0.05) is 28.2 Å². The Morgan fingerprint density at radius 2 is 2.16 bits per heavy atom. The van der Waals surface area contributed by atoms with Crippen LogP contribution in [0.4, 0.5) is 5.13 Å². The van der Waals surface area contributed by atoms with E-state index in [-0.39, 0.29) is 52.8 Å². The summed E-state index contributed by atoms with van der Waals surface area (Å²) in [6, 6.07) is 2.79. The van der Waals surface area contributed by atoms with Gasteiger partial charge in [0.15, 0.2) is 29.8 Å². The average molecular weight is 672 g/mol. The molecule has 37 heavy (non-hydrogen) atoms. The number of fused-ring (bicyclic) bond motifs is 1. The molecule has 16 heteroatoms. The Balaban J connectivity index is 0.00000320. The van der Waals surface area contributed by atoms with E-state index in [1.54, 1.807) is 5.51 Å². The number of carboxylic acid groups (broad SMARTS) is 1. The van der Waals surface area contributed by atoms with Crippen LogP contribution in [0.5, 0.6) is 0 Å². The van der Waals surface area contributed by atoms with Crippen LogP contribution in [0.2, 0.25) is 0 Å². The molecule has 0 bridgehead atoms. The Bertz CT molecular complexity index is 1430. The molecule has 2 amide bonds. The van der Waals surface area contributed by atoms with Crippen LogP contribution in [0.15, 0.2) is 57.2 Å². The molecule has 1 saturated heterocycles. The molecule has 2 atom stereocenters. The summed E-state index contributed by atoms with van der Waals surface area (Å²) in [6.07, 6.45) is 3.70. The number of hydrogen-bond donors (Lipinski definition) is 4. The van der Waals surface area contributed by atoms with E-state index in [0.29, 0.717) is 11.3 Å². The third-order valence-corrected chi connectivity index (χ3v) is 8.18.